The maximum atomic E-state index is 13.3. The highest BCUT2D eigenvalue weighted by atomic mass is 32.1. The van der Waals surface area contributed by atoms with E-state index >= 15 is 0 Å². The van der Waals surface area contributed by atoms with Crippen LogP contribution in [0, 0.1) is 13.8 Å². The highest BCUT2D eigenvalue weighted by Crippen LogP contribution is 2.37. The molecule has 0 aliphatic rings. The van der Waals surface area contributed by atoms with Gasteiger partial charge in [0.05, 0.1) is 19.4 Å². The third-order valence-electron chi connectivity index (χ3n) is 5.08. The van der Waals surface area contributed by atoms with Gasteiger partial charge in [0.25, 0.3) is 5.91 Å². The minimum atomic E-state index is -0.476. The van der Waals surface area contributed by atoms with E-state index in [1.54, 1.807) is 43.7 Å². The van der Waals surface area contributed by atoms with E-state index in [2.05, 4.69) is 10.3 Å². The number of fused-ring (bicyclic) bond motifs is 1. The van der Waals surface area contributed by atoms with E-state index in [1.807, 2.05) is 36.6 Å². The van der Waals surface area contributed by atoms with Gasteiger partial charge in [-0.2, -0.15) is 0 Å². The van der Waals surface area contributed by atoms with Crippen molar-refractivity contribution in [3.8, 4) is 16.9 Å². The molecule has 3 aromatic heterocycles. The summed E-state index contributed by atoms with van der Waals surface area (Å²) in [4.78, 5) is 30.6. The lowest BCUT2D eigenvalue weighted by atomic mass is 10.0. The van der Waals surface area contributed by atoms with E-state index in [-0.39, 0.29) is 12.5 Å². The van der Waals surface area contributed by atoms with E-state index in [0.29, 0.717) is 33.3 Å². The maximum absolute atomic E-state index is 13.3. The van der Waals surface area contributed by atoms with Crippen LogP contribution in [0.2, 0.25) is 0 Å². The summed E-state index contributed by atoms with van der Waals surface area (Å²) >= 11 is 1.29. The molecule has 0 aliphatic carbocycles. The fraction of sp³-hybridized carbons (Fsp3) is 0.208. The number of amides is 1. The molecule has 4 aromatic rings. The number of carbonyl (C=O) groups excluding carboxylic acids is 2. The summed E-state index contributed by atoms with van der Waals surface area (Å²) in [5.74, 6) is -0.276. The van der Waals surface area contributed by atoms with Gasteiger partial charge in [0.2, 0.25) is 0 Å². The molecule has 164 valence electrons. The number of carbonyl (C=O) groups is 2. The lowest BCUT2D eigenvalue weighted by Gasteiger charge is -2.10. The molecule has 0 atom stereocenters. The summed E-state index contributed by atoms with van der Waals surface area (Å²) < 4.78 is 12.3. The molecule has 0 unspecified atom stereocenters. The normalized spacial score (nSPS) is 10.9. The number of benzene rings is 1. The monoisotopic (exact) mass is 449 g/mol. The Bertz CT molecular complexity index is 1310. The van der Waals surface area contributed by atoms with E-state index in [1.165, 1.54) is 11.3 Å². The first-order chi connectivity index (χ1) is 15.4. The Morgan fingerprint density at radius 3 is 2.59 bits per heavy atom. The Kier molecular flexibility index (Phi) is 5.96. The summed E-state index contributed by atoms with van der Waals surface area (Å²) in [7, 11) is 1.56. The standard InChI is InChI=1S/C24H23N3O4S/c1-5-31-24(29)19-17(16-10-8-14(2)9-11-16)13-32-23(19)26-22(28)20-15(3)25-21-18(30-4)7-6-12-27(20)21/h6-13H,5H2,1-4H3,(H,26,28). The number of anilines is 1. The molecule has 0 aliphatic heterocycles. The molecule has 1 N–H and O–H groups in total. The molecular formula is C24H23N3O4S. The fourth-order valence-corrected chi connectivity index (χ4v) is 4.51. The van der Waals surface area contributed by atoms with Crippen LogP contribution in [0.15, 0.2) is 48.0 Å². The smallest absolute Gasteiger partial charge is 0.341 e. The Balaban J connectivity index is 1.76. The van der Waals surface area contributed by atoms with Gasteiger partial charge in [-0.25, -0.2) is 9.78 Å². The molecular weight excluding hydrogens is 426 g/mol. The molecule has 1 amide bonds. The maximum Gasteiger partial charge on any atom is 0.341 e. The SMILES string of the molecule is CCOC(=O)c1c(-c2ccc(C)cc2)csc1NC(=O)c1c(C)nc2c(OC)cccn12. The Morgan fingerprint density at radius 2 is 1.91 bits per heavy atom. The summed E-state index contributed by atoms with van der Waals surface area (Å²) in [6, 6.07) is 11.4. The lowest BCUT2D eigenvalue weighted by molar-refractivity contribution is 0.0529. The highest BCUT2D eigenvalue weighted by molar-refractivity contribution is 7.15. The van der Waals surface area contributed by atoms with Gasteiger partial charge in [0.15, 0.2) is 11.4 Å². The van der Waals surface area contributed by atoms with Crippen molar-refractivity contribution in [2.24, 2.45) is 0 Å². The van der Waals surface area contributed by atoms with Gasteiger partial charge < -0.3 is 14.8 Å². The summed E-state index contributed by atoms with van der Waals surface area (Å²) in [5, 5.41) is 5.19. The van der Waals surface area contributed by atoms with E-state index in [4.69, 9.17) is 9.47 Å². The van der Waals surface area contributed by atoms with E-state index in [0.717, 1.165) is 16.7 Å². The van der Waals surface area contributed by atoms with Crippen molar-refractivity contribution in [3.05, 3.63) is 70.5 Å². The molecule has 32 heavy (non-hydrogen) atoms. The number of rotatable bonds is 6. The summed E-state index contributed by atoms with van der Waals surface area (Å²) in [6.45, 7) is 5.76. The molecule has 0 saturated carbocycles. The van der Waals surface area contributed by atoms with Crippen LogP contribution in [0.5, 0.6) is 5.75 Å². The summed E-state index contributed by atoms with van der Waals surface area (Å²) in [6.07, 6.45) is 1.76. The molecule has 0 radical (unpaired) electrons. The average Bonchev–Trinajstić information content (AvgIpc) is 3.34. The number of aryl methyl sites for hydroxylation is 2. The van der Waals surface area contributed by atoms with Crippen LogP contribution < -0.4 is 10.1 Å². The van der Waals surface area contributed by atoms with Crippen LogP contribution in [0.1, 0.15) is 39.0 Å². The minimum Gasteiger partial charge on any atom is -0.493 e. The second kappa shape index (κ2) is 8.84. The number of nitrogens with one attached hydrogen (secondary N) is 1. The third kappa shape index (κ3) is 3.85. The summed E-state index contributed by atoms with van der Waals surface area (Å²) in [5.41, 5.74) is 4.55. The van der Waals surface area contributed by atoms with Crippen molar-refractivity contribution in [1.29, 1.82) is 0 Å². The number of thiophene rings is 1. The first-order valence-corrected chi connectivity index (χ1v) is 11.0. The van der Waals surface area contributed by atoms with Crippen molar-refractivity contribution < 1.29 is 19.1 Å². The van der Waals surface area contributed by atoms with Crippen LogP contribution >= 0.6 is 11.3 Å². The van der Waals surface area contributed by atoms with E-state index < -0.39 is 5.97 Å². The quantitative estimate of drug-likeness (QED) is 0.413. The molecule has 0 spiro atoms. The second-order valence-corrected chi connectivity index (χ2v) is 8.09. The largest absolute Gasteiger partial charge is 0.493 e. The molecule has 3 heterocycles. The molecule has 7 nitrogen and oxygen atoms in total. The van der Waals surface area contributed by atoms with Crippen LogP contribution in [-0.2, 0) is 4.74 Å². The first kappa shape index (κ1) is 21.6. The number of aromatic nitrogens is 2. The van der Waals surface area contributed by atoms with Crippen molar-refractivity contribution in [2.75, 3.05) is 19.0 Å². The minimum absolute atomic E-state index is 0.238. The molecule has 0 fully saturated rings. The number of hydrogen-bond acceptors (Lipinski definition) is 6. The van der Waals surface area contributed by atoms with Gasteiger partial charge in [-0.15, -0.1) is 11.3 Å². The molecule has 8 heteroatoms. The van der Waals surface area contributed by atoms with Crippen LogP contribution in [0.3, 0.4) is 0 Å². The number of imidazole rings is 1. The van der Waals surface area contributed by atoms with Crippen LogP contribution in [-0.4, -0.2) is 35.0 Å². The van der Waals surface area contributed by atoms with E-state index in [9.17, 15) is 9.59 Å². The highest BCUT2D eigenvalue weighted by Gasteiger charge is 2.25. The molecule has 4 rings (SSSR count). The zero-order valence-corrected chi connectivity index (χ0v) is 19.1. The van der Waals surface area contributed by atoms with Crippen molar-refractivity contribution in [3.63, 3.8) is 0 Å². The zero-order chi connectivity index (χ0) is 22.8. The average molecular weight is 450 g/mol. The Hall–Kier alpha value is -3.65. The van der Waals surface area contributed by atoms with Gasteiger partial charge in [-0.3, -0.25) is 9.20 Å². The molecule has 1 aromatic carbocycles. The van der Waals surface area contributed by atoms with Crippen LogP contribution in [0.4, 0.5) is 5.00 Å². The van der Waals surface area contributed by atoms with Crippen molar-refractivity contribution >= 4 is 33.9 Å². The topological polar surface area (TPSA) is 81.9 Å². The number of esters is 1. The lowest BCUT2D eigenvalue weighted by Crippen LogP contribution is -2.17. The number of pyridine rings is 1. The number of methoxy groups -OCH3 is 1. The molecule has 0 bridgehead atoms. The third-order valence-corrected chi connectivity index (χ3v) is 5.98. The zero-order valence-electron chi connectivity index (χ0n) is 18.3. The second-order valence-electron chi connectivity index (χ2n) is 7.21. The number of ether oxygens (including phenoxy) is 2. The first-order valence-electron chi connectivity index (χ1n) is 10.1. The predicted octanol–water partition coefficient (Wildman–Crippen LogP) is 5.12. The van der Waals surface area contributed by atoms with Crippen LogP contribution in [0.25, 0.3) is 16.8 Å². The number of nitrogens with zero attached hydrogens (tertiary/aromatic N) is 2. The van der Waals surface area contributed by atoms with Crippen molar-refractivity contribution in [1.82, 2.24) is 9.38 Å². The van der Waals surface area contributed by atoms with Gasteiger partial charge in [-0.1, -0.05) is 29.8 Å². The fourth-order valence-electron chi connectivity index (χ4n) is 3.55. The number of hydrogen-bond donors (Lipinski definition) is 1. The predicted molar refractivity (Wildman–Crippen MR) is 125 cm³/mol. The van der Waals surface area contributed by atoms with Gasteiger partial charge in [0, 0.05) is 17.1 Å². The van der Waals surface area contributed by atoms with Crippen molar-refractivity contribution in [2.45, 2.75) is 20.8 Å². The Labute approximate surface area is 189 Å². The van der Waals surface area contributed by atoms with Gasteiger partial charge in [-0.05, 0) is 38.5 Å². The van der Waals surface area contributed by atoms with Gasteiger partial charge in [0.1, 0.15) is 16.3 Å². The molecule has 0 saturated heterocycles. The van der Waals surface area contributed by atoms with Gasteiger partial charge >= 0.3 is 5.97 Å². The Morgan fingerprint density at radius 1 is 1.16 bits per heavy atom.